The Kier molecular flexibility index (Phi) is 6.40. The molecule has 2 aromatic rings. The number of aromatic amines is 1. The van der Waals surface area contributed by atoms with E-state index in [9.17, 15) is 15.0 Å². The fourth-order valence-electron chi connectivity index (χ4n) is 3.07. The lowest BCUT2D eigenvalue weighted by molar-refractivity contribution is -0.0497. The second kappa shape index (κ2) is 8.43. The van der Waals surface area contributed by atoms with E-state index in [0.29, 0.717) is 0 Å². The van der Waals surface area contributed by atoms with Gasteiger partial charge in [0.15, 0.2) is 25.7 Å². The number of hydrogen-bond acceptors (Lipinski definition) is 8. The van der Waals surface area contributed by atoms with Crippen LogP contribution in [0.4, 0.5) is 5.95 Å². The van der Waals surface area contributed by atoms with Gasteiger partial charge in [-0.05, 0) is 18.1 Å². The lowest BCUT2D eigenvalue weighted by atomic mass is 10.1. The van der Waals surface area contributed by atoms with Gasteiger partial charge in [-0.15, -0.1) is 0 Å². The monoisotopic (exact) mass is 452 g/mol. The Hall–Kier alpha value is -2.12. The predicted octanol–water partition coefficient (Wildman–Crippen LogP) is 0.982. The first kappa shape index (κ1) is 23.5. The van der Waals surface area contributed by atoms with Crippen molar-refractivity contribution in [2.45, 2.75) is 63.4 Å². The van der Waals surface area contributed by atoms with Crippen LogP contribution in [-0.4, -0.2) is 88.3 Å². The molecule has 2 aromatic heterocycles. The molecule has 0 spiro atoms. The highest BCUT2D eigenvalue weighted by atomic mass is 28.4. The Bertz CT molecular complexity index is 1010. The average Bonchev–Trinajstić information content (AvgIpc) is 3.21. The second-order valence-electron chi connectivity index (χ2n) is 9.50. The van der Waals surface area contributed by atoms with Crippen molar-refractivity contribution in [2.75, 3.05) is 20.7 Å². The number of nitrogens with zero attached hydrogens (tertiary/aromatic N) is 5. The van der Waals surface area contributed by atoms with Gasteiger partial charge in [0.2, 0.25) is 5.95 Å². The van der Waals surface area contributed by atoms with Crippen molar-refractivity contribution in [1.82, 2.24) is 24.4 Å². The van der Waals surface area contributed by atoms with E-state index in [1.54, 1.807) is 23.6 Å². The number of imidazole rings is 1. The van der Waals surface area contributed by atoms with Crippen molar-refractivity contribution in [3.05, 3.63) is 16.7 Å². The van der Waals surface area contributed by atoms with Crippen molar-refractivity contribution >= 4 is 31.8 Å². The molecule has 1 saturated heterocycles. The number of H-pyrrole nitrogens is 1. The van der Waals surface area contributed by atoms with Gasteiger partial charge in [-0.2, -0.15) is 4.98 Å². The number of hydrogen-bond donors (Lipinski definition) is 3. The molecule has 4 atom stereocenters. The first-order chi connectivity index (χ1) is 14.4. The first-order valence-electron chi connectivity index (χ1n) is 10.2. The number of ether oxygens (including phenoxy) is 1. The van der Waals surface area contributed by atoms with Gasteiger partial charge < -0.3 is 24.3 Å². The summed E-state index contributed by atoms with van der Waals surface area (Å²) in [6.45, 7) is 10.1. The van der Waals surface area contributed by atoms with Crippen LogP contribution in [0.25, 0.3) is 11.2 Å². The molecule has 1 aliphatic rings. The number of aliphatic hydroxyl groups is 2. The summed E-state index contributed by atoms with van der Waals surface area (Å²) >= 11 is 0. The Labute approximate surface area is 181 Å². The number of fused-ring (bicyclic) bond motifs is 1. The first-order valence-corrected chi connectivity index (χ1v) is 13.1. The van der Waals surface area contributed by atoms with Crippen LogP contribution in [0.1, 0.15) is 27.0 Å². The minimum Gasteiger partial charge on any atom is -0.407 e. The molecule has 1 fully saturated rings. The second-order valence-corrected chi connectivity index (χ2v) is 14.3. The van der Waals surface area contributed by atoms with Crippen molar-refractivity contribution in [2.24, 2.45) is 4.99 Å². The van der Waals surface area contributed by atoms with E-state index in [1.807, 2.05) is 0 Å². The van der Waals surface area contributed by atoms with E-state index in [2.05, 4.69) is 53.8 Å². The molecule has 11 nitrogen and oxygen atoms in total. The third-order valence-electron chi connectivity index (χ3n) is 5.83. The summed E-state index contributed by atoms with van der Waals surface area (Å²) in [7, 11) is 1.31. The van der Waals surface area contributed by atoms with Crippen LogP contribution in [0.3, 0.4) is 0 Å². The molecule has 4 unspecified atom stereocenters. The van der Waals surface area contributed by atoms with Gasteiger partial charge in [-0.25, -0.2) is 9.98 Å². The summed E-state index contributed by atoms with van der Waals surface area (Å²) in [6.07, 6.45) is -0.492. The Balaban J connectivity index is 2.07. The lowest BCUT2D eigenvalue weighted by Crippen LogP contribution is -2.48. The quantitative estimate of drug-likeness (QED) is 0.335. The van der Waals surface area contributed by atoms with Gasteiger partial charge >= 0.3 is 0 Å². The van der Waals surface area contributed by atoms with Crippen LogP contribution in [0.5, 0.6) is 0 Å². The molecule has 0 radical (unpaired) electrons. The summed E-state index contributed by atoms with van der Waals surface area (Å²) in [5.41, 5.74) is -0.0523. The Morgan fingerprint density at radius 2 is 2.10 bits per heavy atom. The Morgan fingerprint density at radius 1 is 1.42 bits per heavy atom. The molecule has 3 rings (SSSR count). The number of aromatic nitrogens is 4. The maximum Gasteiger partial charge on any atom is 0.280 e. The highest BCUT2D eigenvalue weighted by Crippen LogP contribution is 2.42. The standard InChI is InChI=1S/C19H32N6O5Si/c1-19(2,3)31(6,7)30-14-13(27)11(8-26)29-17(14)25-10-20-12-15(25)22-18(23-16(12)28)21-9-24(4)5/h9-11,13-14,17,26-27H,8H2,1-7H3,(H,22,23,28). The number of aliphatic hydroxyl groups excluding tert-OH is 2. The van der Waals surface area contributed by atoms with Gasteiger partial charge in [0, 0.05) is 14.1 Å². The fraction of sp³-hybridized carbons (Fsp3) is 0.684. The number of rotatable bonds is 6. The molecule has 31 heavy (non-hydrogen) atoms. The molecule has 0 amide bonds. The number of nitrogens with one attached hydrogen (secondary N) is 1. The van der Waals surface area contributed by atoms with E-state index >= 15 is 0 Å². The van der Waals surface area contributed by atoms with Gasteiger partial charge in [-0.3, -0.25) is 14.3 Å². The van der Waals surface area contributed by atoms with Gasteiger partial charge in [0.1, 0.15) is 18.3 Å². The van der Waals surface area contributed by atoms with E-state index < -0.39 is 38.4 Å². The third-order valence-corrected chi connectivity index (χ3v) is 10.3. The van der Waals surface area contributed by atoms with Gasteiger partial charge in [-0.1, -0.05) is 20.8 Å². The van der Waals surface area contributed by atoms with Gasteiger partial charge in [0.25, 0.3) is 5.56 Å². The van der Waals surface area contributed by atoms with Crippen LogP contribution in [-0.2, 0) is 9.16 Å². The molecule has 0 saturated carbocycles. The molecule has 1 aliphatic heterocycles. The van der Waals surface area contributed by atoms with Crippen molar-refractivity contribution in [1.29, 1.82) is 0 Å². The SMILES string of the molecule is CN(C)C=Nc1nc2c(ncn2C2OC(CO)C(O)C2O[Si](C)(C)C(C)(C)C)c(=O)[nH]1. The zero-order chi connectivity index (χ0) is 23.1. The summed E-state index contributed by atoms with van der Waals surface area (Å²) in [4.78, 5) is 29.5. The minimum absolute atomic E-state index is 0.102. The zero-order valence-electron chi connectivity index (χ0n) is 19.0. The highest BCUT2D eigenvalue weighted by molar-refractivity contribution is 6.74. The molecular weight excluding hydrogens is 420 g/mol. The maximum absolute atomic E-state index is 12.5. The van der Waals surface area contributed by atoms with E-state index in [0.717, 1.165) is 0 Å². The molecule has 0 aliphatic carbocycles. The third kappa shape index (κ3) is 4.57. The largest absolute Gasteiger partial charge is 0.407 e. The van der Waals surface area contributed by atoms with Crippen LogP contribution in [0, 0.1) is 0 Å². The molecule has 3 N–H and O–H groups in total. The highest BCUT2D eigenvalue weighted by Gasteiger charge is 2.50. The molecule has 0 bridgehead atoms. The van der Waals surface area contributed by atoms with Gasteiger partial charge in [0.05, 0.1) is 19.3 Å². The molecular formula is C19H32N6O5Si. The predicted molar refractivity (Wildman–Crippen MR) is 119 cm³/mol. The fourth-order valence-corrected chi connectivity index (χ4v) is 4.36. The Morgan fingerprint density at radius 3 is 2.68 bits per heavy atom. The zero-order valence-corrected chi connectivity index (χ0v) is 20.0. The van der Waals surface area contributed by atoms with Crippen LogP contribution in [0.2, 0.25) is 18.1 Å². The molecule has 12 heteroatoms. The van der Waals surface area contributed by atoms with Crippen LogP contribution in [0.15, 0.2) is 16.1 Å². The molecule has 3 heterocycles. The average molecular weight is 453 g/mol. The van der Waals surface area contributed by atoms with Crippen LogP contribution >= 0.6 is 0 Å². The molecule has 172 valence electrons. The van der Waals surface area contributed by atoms with Crippen molar-refractivity contribution < 1.29 is 19.4 Å². The normalized spacial score (nSPS) is 25.1. The smallest absolute Gasteiger partial charge is 0.280 e. The minimum atomic E-state index is -2.30. The summed E-state index contributed by atoms with van der Waals surface area (Å²) < 4.78 is 14.0. The van der Waals surface area contributed by atoms with E-state index in [1.165, 1.54) is 12.7 Å². The van der Waals surface area contributed by atoms with Crippen molar-refractivity contribution in [3.63, 3.8) is 0 Å². The summed E-state index contributed by atoms with van der Waals surface area (Å²) in [5, 5.41) is 20.4. The summed E-state index contributed by atoms with van der Waals surface area (Å²) in [6, 6.07) is 0. The van der Waals surface area contributed by atoms with Crippen LogP contribution < -0.4 is 5.56 Å². The number of aliphatic imine (C=N–C) groups is 1. The molecule has 0 aromatic carbocycles. The topological polar surface area (TPSA) is 138 Å². The van der Waals surface area contributed by atoms with Crippen molar-refractivity contribution in [3.8, 4) is 0 Å². The maximum atomic E-state index is 12.5. The lowest BCUT2D eigenvalue weighted by Gasteiger charge is -2.40. The van der Waals surface area contributed by atoms with E-state index in [-0.39, 0.29) is 28.8 Å². The summed E-state index contributed by atoms with van der Waals surface area (Å²) in [5.74, 6) is 0.118. The van der Waals surface area contributed by atoms with E-state index in [4.69, 9.17) is 9.16 Å².